The molecule has 2 aliphatic heterocycles. The third-order valence-electron chi connectivity index (χ3n) is 3.80. The second kappa shape index (κ2) is 5.46. The lowest BCUT2D eigenvalue weighted by Crippen LogP contribution is -2.50. The number of nitrogens with one attached hydrogen (secondary N) is 2. The molecule has 3 amide bonds. The summed E-state index contributed by atoms with van der Waals surface area (Å²) in [5, 5.41) is 14.6. The van der Waals surface area contributed by atoms with Crippen LogP contribution in [0.25, 0.3) is 0 Å². The molecule has 2 aliphatic rings. The van der Waals surface area contributed by atoms with Crippen LogP contribution in [0.1, 0.15) is 26.2 Å². The van der Waals surface area contributed by atoms with E-state index in [0.717, 1.165) is 0 Å². The lowest BCUT2D eigenvalue weighted by Gasteiger charge is -2.24. The molecular formula is C12H19N3O4. The number of hydrogen-bond acceptors (Lipinski definition) is 3. The summed E-state index contributed by atoms with van der Waals surface area (Å²) >= 11 is 0. The molecule has 3 unspecified atom stereocenters. The highest BCUT2D eigenvalue weighted by Gasteiger charge is 2.39. The number of rotatable bonds is 3. The number of nitrogens with zero attached hydrogens (tertiary/aromatic N) is 1. The van der Waals surface area contributed by atoms with Crippen LogP contribution >= 0.6 is 0 Å². The van der Waals surface area contributed by atoms with Crippen molar-refractivity contribution in [3.8, 4) is 0 Å². The van der Waals surface area contributed by atoms with Crippen molar-refractivity contribution >= 4 is 17.9 Å². The van der Waals surface area contributed by atoms with Gasteiger partial charge < -0.3 is 20.6 Å². The zero-order valence-electron chi connectivity index (χ0n) is 10.9. The monoisotopic (exact) mass is 269 g/mol. The predicted octanol–water partition coefficient (Wildman–Crippen LogP) is -0.230. The molecule has 0 aromatic carbocycles. The van der Waals surface area contributed by atoms with Crippen LogP contribution in [-0.4, -0.2) is 53.1 Å². The lowest BCUT2D eigenvalue weighted by atomic mass is 10.0. The van der Waals surface area contributed by atoms with Gasteiger partial charge in [-0.1, -0.05) is 6.92 Å². The Hall–Kier alpha value is -1.79. The molecule has 0 radical (unpaired) electrons. The fraction of sp³-hybridized carbons (Fsp3) is 0.750. The largest absolute Gasteiger partial charge is 0.480 e. The van der Waals surface area contributed by atoms with Crippen LogP contribution in [0.5, 0.6) is 0 Å². The van der Waals surface area contributed by atoms with E-state index >= 15 is 0 Å². The van der Waals surface area contributed by atoms with Gasteiger partial charge in [0.05, 0.1) is 0 Å². The van der Waals surface area contributed by atoms with Gasteiger partial charge in [-0.25, -0.2) is 9.59 Å². The van der Waals surface area contributed by atoms with Gasteiger partial charge in [0, 0.05) is 25.6 Å². The molecule has 2 rings (SSSR count). The Bertz CT molecular complexity index is 398. The number of carboxylic acid groups (broad SMARTS) is 1. The molecule has 2 heterocycles. The van der Waals surface area contributed by atoms with E-state index in [1.54, 1.807) is 0 Å². The van der Waals surface area contributed by atoms with E-state index in [9.17, 15) is 14.4 Å². The van der Waals surface area contributed by atoms with Crippen LogP contribution in [-0.2, 0) is 9.59 Å². The Morgan fingerprint density at radius 3 is 2.79 bits per heavy atom. The minimum absolute atomic E-state index is 0.00236. The summed E-state index contributed by atoms with van der Waals surface area (Å²) in [4.78, 5) is 35.5. The van der Waals surface area contributed by atoms with Crippen molar-refractivity contribution in [2.45, 2.75) is 38.3 Å². The average Bonchev–Trinajstić information content (AvgIpc) is 2.92. The highest BCUT2D eigenvalue weighted by molar-refractivity contribution is 5.83. The summed E-state index contributed by atoms with van der Waals surface area (Å²) in [5.41, 5.74) is 0. The van der Waals surface area contributed by atoms with E-state index in [-0.39, 0.29) is 23.9 Å². The quantitative estimate of drug-likeness (QED) is 0.659. The van der Waals surface area contributed by atoms with E-state index in [2.05, 4.69) is 10.6 Å². The number of amides is 3. The predicted molar refractivity (Wildman–Crippen MR) is 66.5 cm³/mol. The lowest BCUT2D eigenvalue weighted by molar-refractivity contribution is -0.142. The summed E-state index contributed by atoms with van der Waals surface area (Å²) in [7, 11) is 0. The number of carbonyl (C=O) groups is 3. The standard InChI is InChI=1S/C12H19N3O4/c1-7-4-5-15(10(7)11(17)18)12(19)13-6-8-2-3-9(16)14-8/h7-8,10H,2-6H2,1H3,(H,13,19)(H,14,16)(H,17,18). The van der Waals surface area contributed by atoms with Crippen LogP contribution in [0.3, 0.4) is 0 Å². The van der Waals surface area contributed by atoms with Crippen molar-refractivity contribution in [1.82, 2.24) is 15.5 Å². The molecule has 0 aliphatic carbocycles. The summed E-state index contributed by atoms with van der Waals surface area (Å²) in [6, 6.07) is -1.16. The van der Waals surface area contributed by atoms with Gasteiger partial charge >= 0.3 is 12.0 Å². The van der Waals surface area contributed by atoms with Gasteiger partial charge in [0.1, 0.15) is 6.04 Å². The maximum atomic E-state index is 12.0. The first-order valence-electron chi connectivity index (χ1n) is 6.55. The fourth-order valence-corrected chi connectivity index (χ4v) is 2.69. The van der Waals surface area contributed by atoms with Crippen molar-refractivity contribution in [2.75, 3.05) is 13.1 Å². The number of urea groups is 1. The summed E-state index contributed by atoms with van der Waals surface area (Å²) in [5.74, 6) is -0.999. The molecule has 0 spiro atoms. The molecule has 2 saturated heterocycles. The molecule has 7 nitrogen and oxygen atoms in total. The molecule has 7 heteroatoms. The Balaban J connectivity index is 1.85. The first-order chi connectivity index (χ1) is 8.99. The molecule has 0 aromatic heterocycles. The number of carbonyl (C=O) groups excluding carboxylic acids is 2. The third-order valence-corrected chi connectivity index (χ3v) is 3.80. The van der Waals surface area contributed by atoms with Crippen molar-refractivity contribution in [1.29, 1.82) is 0 Å². The Kier molecular flexibility index (Phi) is 3.92. The molecule has 0 aromatic rings. The van der Waals surface area contributed by atoms with Crippen LogP contribution in [0, 0.1) is 5.92 Å². The SMILES string of the molecule is CC1CCN(C(=O)NCC2CCC(=O)N2)C1C(=O)O. The van der Waals surface area contributed by atoms with Crippen molar-refractivity contribution in [3.05, 3.63) is 0 Å². The van der Waals surface area contributed by atoms with E-state index < -0.39 is 12.0 Å². The second-order valence-corrected chi connectivity index (χ2v) is 5.23. The minimum Gasteiger partial charge on any atom is -0.480 e. The smallest absolute Gasteiger partial charge is 0.326 e. The van der Waals surface area contributed by atoms with Gasteiger partial charge in [-0.05, 0) is 18.8 Å². The summed E-state index contributed by atoms with van der Waals surface area (Å²) in [6.07, 6.45) is 1.89. The maximum absolute atomic E-state index is 12.0. The third kappa shape index (κ3) is 2.97. The van der Waals surface area contributed by atoms with Gasteiger partial charge in [-0.3, -0.25) is 4.79 Å². The van der Waals surface area contributed by atoms with Crippen molar-refractivity contribution in [2.24, 2.45) is 5.92 Å². The van der Waals surface area contributed by atoms with E-state index in [0.29, 0.717) is 32.4 Å². The molecule has 3 atom stereocenters. The Labute approximate surface area is 111 Å². The molecule has 2 fully saturated rings. The van der Waals surface area contributed by atoms with Crippen LogP contribution in [0.15, 0.2) is 0 Å². The second-order valence-electron chi connectivity index (χ2n) is 5.23. The summed E-state index contributed by atoms with van der Waals surface area (Å²) < 4.78 is 0. The van der Waals surface area contributed by atoms with Crippen molar-refractivity contribution < 1.29 is 19.5 Å². The molecule has 3 N–H and O–H groups in total. The number of aliphatic carboxylic acids is 1. The first kappa shape index (κ1) is 13.6. The highest BCUT2D eigenvalue weighted by atomic mass is 16.4. The number of likely N-dealkylation sites (tertiary alicyclic amines) is 1. The average molecular weight is 269 g/mol. The number of carboxylic acids is 1. The van der Waals surface area contributed by atoms with Gasteiger partial charge in [0.2, 0.25) is 5.91 Å². The van der Waals surface area contributed by atoms with E-state index in [1.807, 2.05) is 6.92 Å². The maximum Gasteiger partial charge on any atom is 0.326 e. The minimum atomic E-state index is -0.964. The van der Waals surface area contributed by atoms with Crippen LogP contribution in [0.4, 0.5) is 4.79 Å². The molecule has 19 heavy (non-hydrogen) atoms. The van der Waals surface area contributed by atoms with E-state index in [4.69, 9.17) is 5.11 Å². The van der Waals surface area contributed by atoms with E-state index in [1.165, 1.54) is 4.90 Å². The van der Waals surface area contributed by atoms with Crippen LogP contribution in [0.2, 0.25) is 0 Å². The van der Waals surface area contributed by atoms with Gasteiger partial charge in [-0.2, -0.15) is 0 Å². The number of hydrogen-bond donors (Lipinski definition) is 3. The Morgan fingerprint density at radius 2 is 2.21 bits per heavy atom. The van der Waals surface area contributed by atoms with Crippen molar-refractivity contribution in [3.63, 3.8) is 0 Å². The highest BCUT2D eigenvalue weighted by Crippen LogP contribution is 2.24. The normalized spacial score (nSPS) is 30.3. The molecule has 106 valence electrons. The fourth-order valence-electron chi connectivity index (χ4n) is 2.69. The zero-order valence-corrected chi connectivity index (χ0v) is 10.9. The van der Waals surface area contributed by atoms with Gasteiger partial charge in [0.25, 0.3) is 0 Å². The summed E-state index contributed by atoms with van der Waals surface area (Å²) in [6.45, 7) is 2.64. The topological polar surface area (TPSA) is 98.7 Å². The zero-order chi connectivity index (χ0) is 14.0. The van der Waals surface area contributed by atoms with Gasteiger partial charge in [-0.15, -0.1) is 0 Å². The Morgan fingerprint density at radius 1 is 1.47 bits per heavy atom. The van der Waals surface area contributed by atoms with Crippen LogP contribution < -0.4 is 10.6 Å². The molecule has 0 saturated carbocycles. The molecular weight excluding hydrogens is 250 g/mol. The molecule has 0 bridgehead atoms. The van der Waals surface area contributed by atoms with Gasteiger partial charge in [0.15, 0.2) is 0 Å². The first-order valence-corrected chi connectivity index (χ1v) is 6.55.